The molecule has 3 aromatic rings. The zero-order valence-corrected chi connectivity index (χ0v) is 21.9. The van der Waals surface area contributed by atoms with Crippen molar-refractivity contribution in [2.75, 3.05) is 14.9 Å². The molecule has 0 saturated carbocycles. The molecule has 1 heterocycles. The average Bonchev–Trinajstić information content (AvgIpc) is 2.79. The van der Waals surface area contributed by atoms with Crippen LogP contribution in [0.4, 0.5) is 21.5 Å². The van der Waals surface area contributed by atoms with Crippen LogP contribution >= 0.6 is 23.2 Å². The van der Waals surface area contributed by atoms with E-state index in [1.807, 2.05) is 0 Å². The normalized spacial score (nSPS) is 15.3. The Morgan fingerprint density at radius 1 is 1.03 bits per heavy atom. The van der Waals surface area contributed by atoms with E-state index in [9.17, 15) is 22.4 Å². The SMILES string of the molecule is Cc1cc(S(=O)(=O)N2c3cc(F)ccc3NC(=O)C2CC(=O)Nc2cc(Cl)ccc2C)c(C)cc1Cl. The van der Waals surface area contributed by atoms with Crippen molar-refractivity contribution >= 4 is 62.1 Å². The maximum atomic E-state index is 14.3. The van der Waals surface area contributed by atoms with Crippen LogP contribution in [0.3, 0.4) is 0 Å². The number of halogens is 3. The van der Waals surface area contributed by atoms with Crippen molar-refractivity contribution in [3.05, 3.63) is 81.1 Å². The van der Waals surface area contributed by atoms with Gasteiger partial charge in [0.1, 0.15) is 11.9 Å². The van der Waals surface area contributed by atoms with E-state index in [0.717, 1.165) is 22.0 Å². The molecule has 36 heavy (non-hydrogen) atoms. The summed E-state index contributed by atoms with van der Waals surface area (Å²) in [6, 6.07) is 9.73. The third-order valence-corrected chi connectivity index (χ3v) is 8.49. The number of hydrogen-bond donors (Lipinski definition) is 2. The molecule has 7 nitrogen and oxygen atoms in total. The molecule has 1 aliphatic rings. The van der Waals surface area contributed by atoms with Crippen LogP contribution in [0.25, 0.3) is 0 Å². The Labute approximate surface area is 218 Å². The van der Waals surface area contributed by atoms with E-state index >= 15 is 0 Å². The van der Waals surface area contributed by atoms with Gasteiger partial charge in [0, 0.05) is 21.8 Å². The van der Waals surface area contributed by atoms with E-state index in [0.29, 0.717) is 26.9 Å². The van der Waals surface area contributed by atoms with Gasteiger partial charge in [-0.2, -0.15) is 0 Å². The van der Waals surface area contributed by atoms with Crippen molar-refractivity contribution < 1.29 is 22.4 Å². The monoisotopic (exact) mass is 549 g/mol. The minimum atomic E-state index is -4.43. The third-order valence-electron chi connectivity index (χ3n) is 5.89. The van der Waals surface area contributed by atoms with Gasteiger partial charge in [-0.05, 0) is 73.9 Å². The molecule has 1 atom stereocenters. The summed E-state index contributed by atoms with van der Waals surface area (Å²) in [5, 5.41) is 6.03. The number of carbonyl (C=O) groups is 2. The minimum Gasteiger partial charge on any atom is -0.326 e. The van der Waals surface area contributed by atoms with Gasteiger partial charge >= 0.3 is 0 Å². The van der Waals surface area contributed by atoms with Crippen LogP contribution in [0, 0.1) is 26.6 Å². The number of fused-ring (bicyclic) bond motifs is 1. The average molecular weight is 550 g/mol. The summed E-state index contributed by atoms with van der Waals surface area (Å²) >= 11 is 12.2. The number of rotatable bonds is 5. The molecule has 1 unspecified atom stereocenters. The summed E-state index contributed by atoms with van der Waals surface area (Å²) in [5.41, 5.74) is 2.02. The Bertz CT molecular complexity index is 1510. The number of benzene rings is 3. The smallest absolute Gasteiger partial charge is 0.265 e. The van der Waals surface area contributed by atoms with Gasteiger partial charge in [0.25, 0.3) is 10.0 Å². The van der Waals surface area contributed by atoms with Gasteiger partial charge in [0.15, 0.2) is 0 Å². The van der Waals surface area contributed by atoms with Crippen LogP contribution in [0.1, 0.15) is 23.1 Å². The Morgan fingerprint density at radius 3 is 2.47 bits per heavy atom. The highest BCUT2D eigenvalue weighted by molar-refractivity contribution is 7.93. The second-order valence-corrected chi connectivity index (χ2v) is 11.2. The topological polar surface area (TPSA) is 95.6 Å². The largest absolute Gasteiger partial charge is 0.326 e. The molecule has 1 aliphatic heterocycles. The van der Waals surface area contributed by atoms with Crippen molar-refractivity contribution in [2.45, 2.75) is 38.1 Å². The van der Waals surface area contributed by atoms with Crippen LogP contribution in [-0.4, -0.2) is 26.3 Å². The maximum Gasteiger partial charge on any atom is 0.265 e. The molecule has 11 heteroatoms. The maximum absolute atomic E-state index is 14.3. The number of sulfonamides is 1. The molecule has 2 N–H and O–H groups in total. The Balaban J connectivity index is 1.80. The molecular formula is C25H22Cl2FN3O4S. The molecule has 0 aromatic heterocycles. The minimum absolute atomic E-state index is 0.0849. The molecule has 3 aromatic carbocycles. The highest BCUT2D eigenvalue weighted by atomic mass is 35.5. The van der Waals surface area contributed by atoms with E-state index in [1.54, 1.807) is 39.0 Å². The first-order valence-corrected chi connectivity index (χ1v) is 13.1. The molecule has 4 rings (SSSR count). The van der Waals surface area contributed by atoms with E-state index in [2.05, 4.69) is 10.6 Å². The van der Waals surface area contributed by atoms with E-state index in [-0.39, 0.29) is 16.3 Å². The first-order valence-electron chi connectivity index (χ1n) is 10.9. The molecule has 2 amide bonds. The predicted molar refractivity (Wildman–Crippen MR) is 139 cm³/mol. The third kappa shape index (κ3) is 4.91. The molecule has 0 saturated heterocycles. The first-order chi connectivity index (χ1) is 16.9. The number of hydrogen-bond acceptors (Lipinski definition) is 4. The molecule has 0 aliphatic carbocycles. The second kappa shape index (κ2) is 9.72. The van der Waals surface area contributed by atoms with E-state index < -0.39 is 40.1 Å². The van der Waals surface area contributed by atoms with Crippen LogP contribution in [-0.2, 0) is 19.6 Å². The van der Waals surface area contributed by atoms with Crippen molar-refractivity contribution in [1.82, 2.24) is 0 Å². The fraction of sp³-hybridized carbons (Fsp3) is 0.200. The lowest BCUT2D eigenvalue weighted by molar-refractivity contribution is -0.122. The van der Waals surface area contributed by atoms with Gasteiger partial charge in [0.2, 0.25) is 11.8 Å². The van der Waals surface area contributed by atoms with Gasteiger partial charge in [-0.15, -0.1) is 0 Å². The van der Waals surface area contributed by atoms with Crippen LogP contribution < -0.4 is 14.9 Å². The number of amides is 2. The summed E-state index contributed by atoms with van der Waals surface area (Å²) in [6.07, 6.45) is -0.529. The number of nitrogens with zero attached hydrogens (tertiary/aromatic N) is 1. The van der Waals surface area contributed by atoms with Gasteiger partial charge in [-0.1, -0.05) is 29.3 Å². The van der Waals surface area contributed by atoms with Crippen LogP contribution in [0.15, 0.2) is 53.4 Å². The highest BCUT2D eigenvalue weighted by Crippen LogP contribution is 2.39. The fourth-order valence-corrected chi connectivity index (χ4v) is 6.31. The van der Waals surface area contributed by atoms with Crippen LogP contribution in [0.5, 0.6) is 0 Å². The Hall–Kier alpha value is -3.14. The van der Waals surface area contributed by atoms with Gasteiger partial charge in [0.05, 0.1) is 22.7 Å². The summed E-state index contributed by atoms with van der Waals surface area (Å²) in [7, 11) is -4.43. The number of nitrogens with one attached hydrogen (secondary N) is 2. The predicted octanol–water partition coefficient (Wildman–Crippen LogP) is 5.60. The zero-order valence-electron chi connectivity index (χ0n) is 19.5. The number of anilines is 3. The zero-order chi connectivity index (χ0) is 26.4. The Morgan fingerprint density at radius 2 is 1.75 bits per heavy atom. The highest BCUT2D eigenvalue weighted by Gasteiger charge is 2.43. The lowest BCUT2D eigenvalue weighted by atomic mass is 10.1. The first kappa shape index (κ1) is 25.9. The number of carbonyl (C=O) groups excluding carboxylic acids is 2. The van der Waals surface area contributed by atoms with E-state index in [1.165, 1.54) is 18.2 Å². The lowest BCUT2D eigenvalue weighted by Gasteiger charge is -2.37. The quantitative estimate of drug-likeness (QED) is 0.432. The second-order valence-electron chi connectivity index (χ2n) is 8.55. The van der Waals surface area contributed by atoms with Crippen molar-refractivity contribution in [1.29, 1.82) is 0 Å². The number of aryl methyl sites for hydroxylation is 3. The Kier molecular flexibility index (Phi) is 7.01. The van der Waals surface area contributed by atoms with Gasteiger partial charge in [-0.3, -0.25) is 13.9 Å². The molecule has 0 bridgehead atoms. The summed E-state index contributed by atoms with van der Waals surface area (Å²) in [6.45, 7) is 4.98. The van der Waals surface area contributed by atoms with Crippen molar-refractivity contribution in [2.24, 2.45) is 0 Å². The van der Waals surface area contributed by atoms with Gasteiger partial charge < -0.3 is 10.6 Å². The molecule has 0 radical (unpaired) electrons. The molecule has 188 valence electrons. The van der Waals surface area contributed by atoms with Crippen molar-refractivity contribution in [3.63, 3.8) is 0 Å². The summed E-state index contributed by atoms with van der Waals surface area (Å²) < 4.78 is 43.0. The van der Waals surface area contributed by atoms with Crippen molar-refractivity contribution in [3.8, 4) is 0 Å². The molecule has 0 spiro atoms. The summed E-state index contributed by atoms with van der Waals surface area (Å²) in [4.78, 5) is 26.0. The standard InChI is InChI=1S/C25H22Cl2FN3O4S/c1-13-4-5-16(26)10-20(13)29-24(32)12-22-25(33)30-19-7-6-17(28)11-21(19)31(22)36(34,35)23-9-14(2)18(27)8-15(23)3/h4-11,22H,12H2,1-3H3,(H,29,32)(H,30,33). The van der Waals surface area contributed by atoms with Crippen LogP contribution in [0.2, 0.25) is 10.0 Å². The van der Waals surface area contributed by atoms with Gasteiger partial charge in [-0.25, -0.2) is 12.8 Å². The lowest BCUT2D eigenvalue weighted by Crippen LogP contribution is -2.52. The summed E-state index contributed by atoms with van der Waals surface area (Å²) in [5.74, 6) is -2.05. The molecular weight excluding hydrogens is 528 g/mol. The molecule has 0 fully saturated rings. The van der Waals surface area contributed by atoms with E-state index in [4.69, 9.17) is 23.2 Å². The fourth-order valence-electron chi connectivity index (χ4n) is 4.00.